The van der Waals surface area contributed by atoms with E-state index in [2.05, 4.69) is 10.6 Å². The molecule has 0 bridgehead atoms. The van der Waals surface area contributed by atoms with Crippen LogP contribution in [0.4, 0.5) is 0 Å². The zero-order valence-corrected chi connectivity index (χ0v) is 10.5. The first-order valence-corrected chi connectivity index (χ1v) is 5.44. The number of nitrogens with one attached hydrogen (secondary N) is 2. The van der Waals surface area contributed by atoms with E-state index in [0.717, 1.165) is 6.54 Å². The summed E-state index contributed by atoms with van der Waals surface area (Å²) in [6, 6.07) is 0. The molecule has 0 aliphatic rings. The number of carbonyl (C=O) groups excluding carboxylic acids is 1. The second-order valence-electron chi connectivity index (χ2n) is 4.56. The zero-order chi connectivity index (χ0) is 11.9. The third kappa shape index (κ3) is 6.47. The van der Waals surface area contributed by atoms with Gasteiger partial charge in [0.1, 0.15) is 0 Å². The number of hydrogen-bond acceptors (Lipinski definition) is 3. The Morgan fingerprint density at radius 2 is 2.00 bits per heavy atom. The summed E-state index contributed by atoms with van der Waals surface area (Å²) in [5.74, 6) is 0.0553. The third-order valence-electron chi connectivity index (χ3n) is 2.14. The summed E-state index contributed by atoms with van der Waals surface area (Å²) in [5.41, 5.74) is -0.368. The van der Waals surface area contributed by atoms with E-state index in [0.29, 0.717) is 13.2 Å². The van der Waals surface area contributed by atoms with Crippen LogP contribution in [0.5, 0.6) is 0 Å². The quantitative estimate of drug-likeness (QED) is 0.618. The molecule has 0 rings (SSSR count). The van der Waals surface area contributed by atoms with Gasteiger partial charge in [0.15, 0.2) is 0 Å². The molecule has 0 aromatic carbocycles. The Bertz CT molecular complexity index is 191. The minimum Gasteiger partial charge on any atom is -0.377 e. The van der Waals surface area contributed by atoms with Crippen LogP contribution >= 0.6 is 0 Å². The molecule has 4 heteroatoms. The van der Waals surface area contributed by atoms with Gasteiger partial charge in [-0.25, -0.2) is 0 Å². The first-order chi connectivity index (χ1) is 6.90. The maximum Gasteiger partial charge on any atom is 0.226 e. The van der Waals surface area contributed by atoms with E-state index in [4.69, 9.17) is 4.74 Å². The van der Waals surface area contributed by atoms with Crippen LogP contribution in [0.2, 0.25) is 0 Å². The lowest BCUT2D eigenvalue weighted by molar-refractivity contribution is -0.128. The number of ether oxygens (including phenoxy) is 1. The van der Waals surface area contributed by atoms with Crippen molar-refractivity contribution in [2.45, 2.75) is 33.8 Å². The molecule has 0 saturated carbocycles. The molecule has 0 aromatic rings. The molecule has 0 spiro atoms. The molecule has 15 heavy (non-hydrogen) atoms. The fourth-order valence-electron chi connectivity index (χ4n) is 1.19. The molecule has 0 aliphatic heterocycles. The topological polar surface area (TPSA) is 50.4 Å². The van der Waals surface area contributed by atoms with E-state index in [9.17, 15) is 4.79 Å². The molecule has 0 saturated heterocycles. The fourth-order valence-corrected chi connectivity index (χ4v) is 1.19. The second kappa shape index (κ2) is 6.80. The Labute approximate surface area is 92.8 Å². The second-order valence-corrected chi connectivity index (χ2v) is 4.56. The molecule has 0 radical (unpaired) electrons. The van der Waals surface area contributed by atoms with E-state index in [1.54, 1.807) is 7.05 Å². The SMILES string of the molecule is CNC(=O)C(C)(C)CNCCOC(C)C. The van der Waals surface area contributed by atoms with Crippen molar-refractivity contribution in [3.63, 3.8) is 0 Å². The minimum atomic E-state index is -0.368. The van der Waals surface area contributed by atoms with Crippen LogP contribution in [0.25, 0.3) is 0 Å². The van der Waals surface area contributed by atoms with Crippen LogP contribution in [0.3, 0.4) is 0 Å². The van der Waals surface area contributed by atoms with E-state index in [1.165, 1.54) is 0 Å². The van der Waals surface area contributed by atoms with Crippen LogP contribution in [0, 0.1) is 5.41 Å². The molecule has 4 nitrogen and oxygen atoms in total. The van der Waals surface area contributed by atoms with Gasteiger partial charge in [0.25, 0.3) is 0 Å². The van der Waals surface area contributed by atoms with Gasteiger partial charge in [-0.1, -0.05) is 0 Å². The first kappa shape index (κ1) is 14.4. The van der Waals surface area contributed by atoms with Gasteiger partial charge in [-0.3, -0.25) is 4.79 Å². The highest BCUT2D eigenvalue weighted by Gasteiger charge is 2.25. The van der Waals surface area contributed by atoms with Crippen LogP contribution in [-0.4, -0.2) is 38.8 Å². The van der Waals surface area contributed by atoms with Crippen LogP contribution < -0.4 is 10.6 Å². The summed E-state index contributed by atoms with van der Waals surface area (Å²) >= 11 is 0. The van der Waals surface area contributed by atoms with E-state index in [-0.39, 0.29) is 17.4 Å². The highest BCUT2D eigenvalue weighted by atomic mass is 16.5. The Hall–Kier alpha value is -0.610. The maximum absolute atomic E-state index is 11.4. The minimum absolute atomic E-state index is 0.0553. The van der Waals surface area contributed by atoms with Gasteiger partial charge in [-0.15, -0.1) is 0 Å². The van der Waals surface area contributed by atoms with Gasteiger partial charge in [0.2, 0.25) is 5.91 Å². The van der Waals surface area contributed by atoms with Gasteiger partial charge < -0.3 is 15.4 Å². The molecule has 90 valence electrons. The lowest BCUT2D eigenvalue weighted by Crippen LogP contribution is -2.42. The molecular weight excluding hydrogens is 192 g/mol. The normalized spacial score (nSPS) is 11.9. The Morgan fingerprint density at radius 1 is 1.40 bits per heavy atom. The third-order valence-corrected chi connectivity index (χ3v) is 2.14. The van der Waals surface area contributed by atoms with E-state index < -0.39 is 0 Å². The first-order valence-electron chi connectivity index (χ1n) is 5.44. The Morgan fingerprint density at radius 3 is 2.47 bits per heavy atom. The summed E-state index contributed by atoms with van der Waals surface area (Å²) in [4.78, 5) is 11.4. The van der Waals surface area contributed by atoms with Gasteiger partial charge in [0, 0.05) is 20.1 Å². The molecule has 0 aromatic heterocycles. The number of amides is 1. The average Bonchev–Trinajstić information content (AvgIpc) is 2.15. The number of hydrogen-bond donors (Lipinski definition) is 2. The average molecular weight is 216 g/mol. The molecule has 1 amide bonds. The maximum atomic E-state index is 11.4. The Balaban J connectivity index is 3.62. The van der Waals surface area contributed by atoms with E-state index >= 15 is 0 Å². The molecule has 0 fully saturated rings. The highest BCUT2D eigenvalue weighted by Crippen LogP contribution is 2.12. The summed E-state index contributed by atoms with van der Waals surface area (Å²) in [7, 11) is 1.66. The molecule has 0 atom stereocenters. The van der Waals surface area contributed by atoms with Crippen molar-refractivity contribution in [3.05, 3.63) is 0 Å². The smallest absolute Gasteiger partial charge is 0.226 e. The van der Waals surface area contributed by atoms with Crippen molar-refractivity contribution >= 4 is 5.91 Å². The van der Waals surface area contributed by atoms with Crippen molar-refractivity contribution in [3.8, 4) is 0 Å². The summed E-state index contributed by atoms with van der Waals surface area (Å²) in [6.45, 7) is 9.97. The molecule has 0 unspecified atom stereocenters. The van der Waals surface area contributed by atoms with Gasteiger partial charge >= 0.3 is 0 Å². The monoisotopic (exact) mass is 216 g/mol. The van der Waals surface area contributed by atoms with Gasteiger partial charge in [0.05, 0.1) is 18.1 Å². The summed E-state index contributed by atoms with van der Waals surface area (Å²) < 4.78 is 5.38. The number of rotatable bonds is 7. The van der Waals surface area contributed by atoms with Crippen LogP contribution in [0.15, 0.2) is 0 Å². The zero-order valence-electron chi connectivity index (χ0n) is 10.5. The number of carbonyl (C=O) groups is 1. The summed E-state index contributed by atoms with van der Waals surface area (Å²) in [6.07, 6.45) is 0.263. The van der Waals surface area contributed by atoms with E-state index in [1.807, 2.05) is 27.7 Å². The van der Waals surface area contributed by atoms with Crippen LogP contribution in [0.1, 0.15) is 27.7 Å². The fraction of sp³-hybridized carbons (Fsp3) is 0.909. The van der Waals surface area contributed by atoms with Crippen molar-refractivity contribution < 1.29 is 9.53 Å². The predicted molar refractivity (Wildman–Crippen MR) is 61.8 cm³/mol. The largest absolute Gasteiger partial charge is 0.377 e. The van der Waals surface area contributed by atoms with Gasteiger partial charge in [-0.05, 0) is 27.7 Å². The lowest BCUT2D eigenvalue weighted by atomic mass is 9.92. The van der Waals surface area contributed by atoms with Crippen molar-refractivity contribution in [1.82, 2.24) is 10.6 Å². The lowest BCUT2D eigenvalue weighted by Gasteiger charge is -2.23. The molecule has 0 aliphatic carbocycles. The van der Waals surface area contributed by atoms with Gasteiger partial charge in [-0.2, -0.15) is 0 Å². The molecule has 2 N–H and O–H groups in total. The van der Waals surface area contributed by atoms with Crippen LogP contribution in [-0.2, 0) is 9.53 Å². The van der Waals surface area contributed by atoms with Crippen molar-refractivity contribution in [1.29, 1.82) is 0 Å². The standard InChI is InChI=1S/C11H24N2O2/c1-9(2)15-7-6-13-8-11(3,4)10(14)12-5/h9,13H,6-8H2,1-5H3,(H,12,14). The Kier molecular flexibility index (Phi) is 6.52. The summed E-state index contributed by atoms with van der Waals surface area (Å²) in [5, 5.41) is 5.86. The molecular formula is C11H24N2O2. The molecule has 0 heterocycles. The highest BCUT2D eigenvalue weighted by molar-refractivity contribution is 5.81. The van der Waals surface area contributed by atoms with Crippen molar-refractivity contribution in [2.75, 3.05) is 26.7 Å². The van der Waals surface area contributed by atoms with Crippen molar-refractivity contribution in [2.24, 2.45) is 5.41 Å². The predicted octanol–water partition coefficient (Wildman–Crippen LogP) is 0.773.